The van der Waals surface area contributed by atoms with E-state index in [0.29, 0.717) is 0 Å². The van der Waals surface area contributed by atoms with Crippen LogP contribution in [0.3, 0.4) is 0 Å². The van der Waals surface area contributed by atoms with Crippen LogP contribution in [0.1, 0.15) is 45.7 Å². The lowest BCUT2D eigenvalue weighted by Crippen LogP contribution is -2.16. The highest BCUT2D eigenvalue weighted by atomic mass is 35.7. The minimum Gasteiger partial charge on any atom is -0.213 e. The fourth-order valence-electron chi connectivity index (χ4n) is 1.82. The molecule has 0 radical (unpaired) electrons. The summed E-state index contributed by atoms with van der Waals surface area (Å²) in [6.45, 7) is 11.1. The summed E-state index contributed by atoms with van der Waals surface area (Å²) in [5, 5.41) is -0.464. The van der Waals surface area contributed by atoms with Gasteiger partial charge in [0.05, 0.1) is 21.3 Å². The van der Waals surface area contributed by atoms with Gasteiger partial charge in [-0.3, -0.25) is 0 Å². The average molecular weight is 1070 g/mol. The van der Waals surface area contributed by atoms with Gasteiger partial charge in [-0.2, -0.15) is 13.2 Å². The zero-order valence-corrected chi connectivity index (χ0v) is 39.3. The molecule has 2 rings (SSSR count). The average Bonchev–Trinajstić information content (AvgIpc) is 2.85. The van der Waals surface area contributed by atoms with E-state index in [4.69, 9.17) is 66.8 Å². The summed E-state index contributed by atoms with van der Waals surface area (Å²) >= 11 is 14.5. The largest absolute Gasteiger partial charge is 0.511 e. The second kappa shape index (κ2) is 23.2. The van der Waals surface area contributed by atoms with Crippen LogP contribution >= 0.6 is 98.9 Å². The molecular formula is C23H30Cl9F3O12S6. The Bertz CT molecular complexity index is 2050. The van der Waals surface area contributed by atoms with Gasteiger partial charge in [0.15, 0.2) is 0 Å². The lowest BCUT2D eigenvalue weighted by Gasteiger charge is -2.18. The Hall–Kier alpha value is 0.540. The first-order valence-electron chi connectivity index (χ1n) is 12.6. The van der Waals surface area contributed by atoms with Gasteiger partial charge in [0.2, 0.25) is 18.1 Å². The number of hydrogen-bond donors (Lipinski definition) is 0. The van der Waals surface area contributed by atoms with E-state index < -0.39 is 68.2 Å². The van der Waals surface area contributed by atoms with Gasteiger partial charge < -0.3 is 0 Å². The van der Waals surface area contributed by atoms with Crippen LogP contribution in [0, 0.1) is 6.92 Å². The highest BCUT2D eigenvalue weighted by Crippen LogP contribution is 2.35. The number of hydrogen-bond acceptors (Lipinski definition) is 12. The summed E-state index contributed by atoms with van der Waals surface area (Å²) in [6.07, 6.45) is 0.925. The Labute approximate surface area is 350 Å². The highest BCUT2D eigenvalue weighted by molar-refractivity contribution is 8.18. The van der Waals surface area contributed by atoms with Gasteiger partial charge in [-0.15, -0.1) is 0 Å². The van der Waals surface area contributed by atoms with E-state index in [9.17, 15) is 63.7 Å². The van der Waals surface area contributed by atoms with Gasteiger partial charge in [0.25, 0.3) is 27.2 Å². The molecule has 0 bridgehead atoms. The van der Waals surface area contributed by atoms with E-state index in [1.807, 2.05) is 6.92 Å². The maximum atomic E-state index is 11.0. The number of benzene rings is 2. The Morgan fingerprint density at radius 1 is 0.547 bits per heavy atom. The first-order chi connectivity index (χ1) is 22.7. The van der Waals surface area contributed by atoms with Crippen molar-refractivity contribution in [1.29, 1.82) is 0 Å². The summed E-state index contributed by atoms with van der Waals surface area (Å²) in [7, 11) is 5.02. The molecule has 0 aliphatic rings. The van der Waals surface area contributed by atoms with E-state index in [1.165, 1.54) is 38.1 Å². The molecule has 314 valence electrons. The molecule has 0 atom stereocenters. The van der Waals surface area contributed by atoms with Gasteiger partial charge in [0.1, 0.15) is 0 Å². The van der Waals surface area contributed by atoms with Crippen LogP contribution in [0.15, 0.2) is 58.3 Å². The van der Waals surface area contributed by atoms with Crippen molar-refractivity contribution in [1.82, 2.24) is 0 Å². The second-order valence-corrected chi connectivity index (χ2v) is 30.0. The number of alkyl halides is 6. The molecular weight excluding hydrogens is 1040 g/mol. The van der Waals surface area contributed by atoms with Crippen molar-refractivity contribution in [2.45, 2.75) is 70.6 Å². The van der Waals surface area contributed by atoms with Gasteiger partial charge in [-0.25, -0.2) is 50.5 Å². The molecule has 0 spiro atoms. The van der Waals surface area contributed by atoms with E-state index in [0.717, 1.165) is 17.4 Å². The molecule has 0 heterocycles. The third-order valence-electron chi connectivity index (χ3n) is 4.42. The standard InChI is InChI=1S/C10H13ClO2S.C7H7ClO2S.C3H7ClO2S.CCl4O2S.CClF3O2S.CH3ClO2S/c1-10(2,3)8-4-6-9(7-5-8)14(11,12)13;1-6-2-4-7(5-3-6)11(8,9)10;1-3(2)7(4,5)6;2-1(3,4)8(5,6)7;2-8(6,7)1(3,4)5;1-5(2,3)4/h4-7H,1-3H3;2-5H,1H3;3H,1-2H3;;;1H3. The number of halogens is 12. The SMILES string of the molecule is CC(C)(C)c1ccc(S(=O)(=O)Cl)cc1.CC(C)S(=O)(=O)Cl.CS(=O)(=O)Cl.Cc1ccc(S(=O)(=O)Cl)cc1.O=S(=O)(Cl)C(Cl)(Cl)Cl.O=S(=O)(Cl)C(F)(F)F. The van der Waals surface area contributed by atoms with Crippen LogP contribution in [-0.4, -0.2) is 70.6 Å². The van der Waals surface area contributed by atoms with Crippen molar-refractivity contribution in [2.24, 2.45) is 0 Å². The normalized spacial score (nSPS) is 12.8. The lowest BCUT2D eigenvalue weighted by atomic mass is 9.87. The van der Waals surface area contributed by atoms with Crippen LogP contribution in [0.25, 0.3) is 0 Å². The summed E-state index contributed by atoms with van der Waals surface area (Å²) in [5.74, 6) is 0. The van der Waals surface area contributed by atoms with Crippen LogP contribution in [-0.2, 0) is 59.7 Å². The molecule has 0 aromatic heterocycles. The molecule has 30 heteroatoms. The molecule has 2 aromatic rings. The minimum absolute atomic E-state index is 0.0224. The molecule has 0 saturated carbocycles. The first-order valence-corrected chi connectivity index (χ1v) is 28.0. The zero-order chi connectivity index (χ0) is 44.0. The number of rotatable bonds is 3. The zero-order valence-electron chi connectivity index (χ0n) is 27.6. The van der Waals surface area contributed by atoms with Crippen molar-refractivity contribution in [2.75, 3.05) is 6.26 Å². The maximum absolute atomic E-state index is 11.0. The lowest BCUT2D eigenvalue weighted by molar-refractivity contribution is -0.0412. The second-order valence-electron chi connectivity index (χ2n) is 10.4. The van der Waals surface area contributed by atoms with Crippen LogP contribution in [0.5, 0.6) is 0 Å². The van der Waals surface area contributed by atoms with Crippen molar-refractivity contribution >= 4 is 153 Å². The summed E-state index contributed by atoms with van der Waals surface area (Å²) in [6, 6.07) is 13.0. The van der Waals surface area contributed by atoms with E-state index in [-0.39, 0.29) is 15.2 Å². The third-order valence-corrected chi connectivity index (χ3v) is 14.2. The smallest absolute Gasteiger partial charge is 0.213 e. The van der Waals surface area contributed by atoms with Crippen molar-refractivity contribution in [3.05, 3.63) is 59.7 Å². The fraction of sp³-hybridized carbons (Fsp3) is 0.478. The topological polar surface area (TPSA) is 205 Å². The summed E-state index contributed by atoms with van der Waals surface area (Å²) in [4.78, 5) is 0.289. The molecule has 0 saturated heterocycles. The molecule has 0 aliphatic heterocycles. The summed E-state index contributed by atoms with van der Waals surface area (Å²) in [5.41, 5.74) is -3.21. The Morgan fingerprint density at radius 3 is 0.887 bits per heavy atom. The third kappa shape index (κ3) is 34.3. The van der Waals surface area contributed by atoms with E-state index in [1.54, 1.807) is 24.3 Å². The van der Waals surface area contributed by atoms with E-state index in [2.05, 4.69) is 52.8 Å². The van der Waals surface area contributed by atoms with Crippen molar-refractivity contribution in [3.8, 4) is 0 Å². The monoisotopic (exact) mass is 1060 g/mol. The quantitative estimate of drug-likeness (QED) is 0.209. The molecule has 2 aromatic carbocycles. The molecule has 53 heavy (non-hydrogen) atoms. The molecule has 0 fully saturated rings. The van der Waals surface area contributed by atoms with Gasteiger partial charge >= 0.3 is 17.7 Å². The van der Waals surface area contributed by atoms with Gasteiger partial charge in [-0.1, -0.05) is 85.4 Å². The Balaban J connectivity index is -0.000000281. The van der Waals surface area contributed by atoms with E-state index >= 15 is 0 Å². The predicted octanol–water partition coefficient (Wildman–Crippen LogP) is 8.94. The fourth-order valence-corrected chi connectivity index (χ4v) is 3.36. The molecule has 0 N–H and O–H groups in total. The van der Waals surface area contributed by atoms with Gasteiger partial charge in [0, 0.05) is 64.1 Å². The van der Waals surface area contributed by atoms with Crippen LogP contribution in [0.2, 0.25) is 0 Å². The molecule has 0 unspecified atom stereocenters. The van der Waals surface area contributed by atoms with Crippen LogP contribution in [0.4, 0.5) is 13.2 Å². The molecule has 12 nitrogen and oxygen atoms in total. The van der Waals surface area contributed by atoms with Crippen molar-refractivity contribution < 1.29 is 63.7 Å². The Morgan fingerprint density at radius 2 is 0.755 bits per heavy atom. The highest BCUT2D eigenvalue weighted by Gasteiger charge is 2.44. The Kier molecular flexibility index (Phi) is 26.4. The predicted molar refractivity (Wildman–Crippen MR) is 209 cm³/mol. The van der Waals surface area contributed by atoms with Crippen LogP contribution < -0.4 is 0 Å². The molecule has 0 amide bonds. The van der Waals surface area contributed by atoms with Crippen molar-refractivity contribution in [3.63, 3.8) is 0 Å². The minimum atomic E-state index is -5.37. The van der Waals surface area contributed by atoms with Gasteiger partial charge in [-0.05, 0) is 56.0 Å². The number of aryl methyl sites for hydroxylation is 1. The summed E-state index contributed by atoms with van der Waals surface area (Å²) < 4.78 is 151. The maximum Gasteiger partial charge on any atom is 0.511 e. The molecule has 0 aliphatic carbocycles. The first kappa shape index (κ1) is 60.2.